The molecule has 0 unspecified atom stereocenters. The van der Waals surface area contributed by atoms with Crippen molar-refractivity contribution in [3.63, 3.8) is 0 Å². The van der Waals surface area contributed by atoms with Crippen molar-refractivity contribution in [2.75, 3.05) is 6.54 Å². The summed E-state index contributed by atoms with van der Waals surface area (Å²) in [6, 6.07) is 16.2. The molecule has 0 aliphatic heterocycles. The Morgan fingerprint density at radius 1 is 0.955 bits per heavy atom. The number of carbonyl (C=O) groups is 1. The van der Waals surface area contributed by atoms with Gasteiger partial charge in [-0.3, -0.25) is 4.79 Å². The minimum absolute atomic E-state index is 0.110. The van der Waals surface area contributed by atoms with Gasteiger partial charge < -0.3 is 5.32 Å². The Morgan fingerprint density at radius 3 is 2.23 bits per heavy atom. The highest BCUT2D eigenvalue weighted by Crippen LogP contribution is 2.11. The van der Waals surface area contributed by atoms with Gasteiger partial charge in [0.1, 0.15) is 0 Å². The van der Waals surface area contributed by atoms with Crippen molar-refractivity contribution in [2.45, 2.75) is 32.6 Å². The molecule has 1 N–H and O–H groups in total. The van der Waals surface area contributed by atoms with E-state index in [1.54, 1.807) is 0 Å². The van der Waals surface area contributed by atoms with Gasteiger partial charge in [-0.1, -0.05) is 53.6 Å². The molecular weight excluding hydrogens is 294 g/mol. The lowest BCUT2D eigenvalue weighted by Crippen LogP contribution is -2.24. The first-order valence-electron chi connectivity index (χ1n) is 7.70. The Balaban J connectivity index is 1.61. The average Bonchev–Trinajstić information content (AvgIpc) is 2.53. The zero-order valence-corrected chi connectivity index (χ0v) is 13.7. The van der Waals surface area contributed by atoms with Crippen LogP contribution in [-0.2, 0) is 17.6 Å². The van der Waals surface area contributed by atoms with Crippen LogP contribution in [0.1, 0.15) is 29.5 Å². The Kier molecular flexibility index (Phi) is 6.47. The van der Waals surface area contributed by atoms with Crippen molar-refractivity contribution in [3.05, 3.63) is 70.2 Å². The Labute approximate surface area is 137 Å². The summed E-state index contributed by atoms with van der Waals surface area (Å²) in [6.45, 7) is 2.82. The lowest BCUT2D eigenvalue weighted by atomic mass is 10.1. The van der Waals surface area contributed by atoms with Crippen molar-refractivity contribution < 1.29 is 4.79 Å². The van der Waals surface area contributed by atoms with E-state index in [2.05, 4.69) is 36.5 Å². The van der Waals surface area contributed by atoms with E-state index in [0.29, 0.717) is 6.42 Å². The first-order valence-corrected chi connectivity index (χ1v) is 8.08. The Morgan fingerprint density at radius 2 is 1.55 bits per heavy atom. The third kappa shape index (κ3) is 5.90. The fourth-order valence-electron chi connectivity index (χ4n) is 2.27. The summed E-state index contributed by atoms with van der Waals surface area (Å²) in [5, 5.41) is 3.71. The number of benzene rings is 2. The summed E-state index contributed by atoms with van der Waals surface area (Å²) in [5.41, 5.74) is 3.74. The number of nitrogens with one attached hydrogen (secondary N) is 1. The predicted molar refractivity (Wildman–Crippen MR) is 92.3 cm³/mol. The SMILES string of the molecule is Cc1ccc(CCCNC(=O)CCc2ccc(Cl)cc2)cc1. The number of aryl methyl sites for hydroxylation is 3. The minimum Gasteiger partial charge on any atom is -0.356 e. The molecule has 0 aliphatic carbocycles. The van der Waals surface area contributed by atoms with E-state index >= 15 is 0 Å². The molecule has 0 radical (unpaired) electrons. The van der Waals surface area contributed by atoms with Gasteiger partial charge in [-0.2, -0.15) is 0 Å². The molecule has 2 aromatic carbocycles. The maximum Gasteiger partial charge on any atom is 0.220 e. The number of hydrogen-bond acceptors (Lipinski definition) is 1. The van der Waals surface area contributed by atoms with Crippen LogP contribution in [0.15, 0.2) is 48.5 Å². The minimum atomic E-state index is 0.110. The molecule has 3 heteroatoms. The molecule has 0 atom stereocenters. The molecule has 0 spiro atoms. The van der Waals surface area contributed by atoms with Crippen LogP contribution in [0.2, 0.25) is 5.02 Å². The molecule has 0 saturated carbocycles. The van der Waals surface area contributed by atoms with Crippen molar-refractivity contribution in [3.8, 4) is 0 Å². The van der Waals surface area contributed by atoms with Crippen molar-refractivity contribution in [2.24, 2.45) is 0 Å². The van der Waals surface area contributed by atoms with E-state index in [-0.39, 0.29) is 5.91 Å². The second-order valence-corrected chi connectivity index (χ2v) is 6.00. The number of hydrogen-bond donors (Lipinski definition) is 1. The van der Waals surface area contributed by atoms with E-state index in [1.165, 1.54) is 11.1 Å². The van der Waals surface area contributed by atoms with E-state index in [4.69, 9.17) is 11.6 Å². The van der Waals surface area contributed by atoms with Crippen molar-refractivity contribution in [1.82, 2.24) is 5.32 Å². The van der Waals surface area contributed by atoms with Gasteiger partial charge >= 0.3 is 0 Å². The van der Waals surface area contributed by atoms with Crippen molar-refractivity contribution >= 4 is 17.5 Å². The largest absolute Gasteiger partial charge is 0.356 e. The molecule has 0 heterocycles. The highest BCUT2D eigenvalue weighted by molar-refractivity contribution is 6.30. The summed E-state index contributed by atoms with van der Waals surface area (Å²) in [5.74, 6) is 0.110. The molecule has 22 heavy (non-hydrogen) atoms. The predicted octanol–water partition coefficient (Wildman–Crippen LogP) is 4.33. The van der Waals surface area contributed by atoms with Gasteiger partial charge in [-0.15, -0.1) is 0 Å². The first kappa shape index (κ1) is 16.6. The fourth-order valence-corrected chi connectivity index (χ4v) is 2.40. The summed E-state index contributed by atoms with van der Waals surface area (Å²) in [6.07, 6.45) is 3.24. The van der Waals surface area contributed by atoms with Gasteiger partial charge in [-0.05, 0) is 49.4 Å². The molecule has 0 fully saturated rings. The second-order valence-electron chi connectivity index (χ2n) is 5.57. The van der Waals surface area contributed by atoms with Crippen LogP contribution in [0.3, 0.4) is 0 Å². The molecule has 1 amide bonds. The van der Waals surface area contributed by atoms with Crippen LogP contribution in [0.25, 0.3) is 0 Å². The highest BCUT2D eigenvalue weighted by Gasteiger charge is 2.02. The van der Waals surface area contributed by atoms with E-state index in [0.717, 1.165) is 36.4 Å². The lowest BCUT2D eigenvalue weighted by Gasteiger charge is -2.06. The van der Waals surface area contributed by atoms with Crippen LogP contribution in [0.4, 0.5) is 0 Å². The topological polar surface area (TPSA) is 29.1 Å². The van der Waals surface area contributed by atoms with Gasteiger partial charge in [0, 0.05) is 18.0 Å². The maximum absolute atomic E-state index is 11.8. The second kappa shape index (κ2) is 8.60. The molecule has 2 aromatic rings. The van der Waals surface area contributed by atoms with Gasteiger partial charge in [0.2, 0.25) is 5.91 Å². The van der Waals surface area contributed by atoms with Crippen LogP contribution in [0.5, 0.6) is 0 Å². The summed E-state index contributed by atoms with van der Waals surface area (Å²) < 4.78 is 0. The van der Waals surface area contributed by atoms with Crippen LogP contribution >= 0.6 is 11.6 Å². The maximum atomic E-state index is 11.8. The average molecular weight is 316 g/mol. The highest BCUT2D eigenvalue weighted by atomic mass is 35.5. The zero-order chi connectivity index (χ0) is 15.8. The molecule has 2 nitrogen and oxygen atoms in total. The van der Waals surface area contributed by atoms with Gasteiger partial charge in [-0.25, -0.2) is 0 Å². The van der Waals surface area contributed by atoms with Crippen LogP contribution < -0.4 is 5.32 Å². The molecule has 0 aliphatic rings. The number of carbonyl (C=O) groups excluding carboxylic acids is 1. The smallest absolute Gasteiger partial charge is 0.220 e. The Hall–Kier alpha value is -1.80. The lowest BCUT2D eigenvalue weighted by molar-refractivity contribution is -0.121. The van der Waals surface area contributed by atoms with E-state index in [9.17, 15) is 4.79 Å². The number of rotatable bonds is 7. The number of halogens is 1. The van der Waals surface area contributed by atoms with Gasteiger partial charge in [0.05, 0.1) is 0 Å². The quantitative estimate of drug-likeness (QED) is 0.757. The van der Waals surface area contributed by atoms with Crippen molar-refractivity contribution in [1.29, 1.82) is 0 Å². The summed E-state index contributed by atoms with van der Waals surface area (Å²) >= 11 is 5.84. The molecule has 2 rings (SSSR count). The van der Waals surface area contributed by atoms with E-state index in [1.807, 2.05) is 24.3 Å². The molecule has 0 saturated heterocycles. The molecule has 0 aromatic heterocycles. The van der Waals surface area contributed by atoms with Crippen LogP contribution in [0, 0.1) is 6.92 Å². The number of amides is 1. The third-order valence-corrected chi connectivity index (χ3v) is 3.89. The van der Waals surface area contributed by atoms with Crippen LogP contribution in [-0.4, -0.2) is 12.5 Å². The first-order chi connectivity index (χ1) is 10.6. The molecular formula is C19H22ClNO. The zero-order valence-electron chi connectivity index (χ0n) is 12.9. The Bertz CT molecular complexity index is 590. The molecule has 116 valence electrons. The third-order valence-electron chi connectivity index (χ3n) is 3.64. The summed E-state index contributed by atoms with van der Waals surface area (Å²) in [4.78, 5) is 11.8. The standard InChI is InChI=1S/C19H22ClNO/c1-15-4-6-16(7-5-15)3-2-14-21-19(22)13-10-17-8-11-18(20)12-9-17/h4-9,11-12H,2-3,10,13-14H2,1H3,(H,21,22). The summed E-state index contributed by atoms with van der Waals surface area (Å²) in [7, 11) is 0. The van der Waals surface area contributed by atoms with Gasteiger partial charge in [0.15, 0.2) is 0 Å². The van der Waals surface area contributed by atoms with E-state index < -0.39 is 0 Å². The molecule has 0 bridgehead atoms. The monoisotopic (exact) mass is 315 g/mol. The normalized spacial score (nSPS) is 10.5. The van der Waals surface area contributed by atoms with Gasteiger partial charge in [0.25, 0.3) is 0 Å². The fraction of sp³-hybridized carbons (Fsp3) is 0.316.